The molecule has 0 aliphatic carbocycles. The zero-order valence-electron chi connectivity index (χ0n) is 6.60. The van der Waals surface area contributed by atoms with E-state index < -0.39 is 0 Å². The number of imidazole rings is 1. The fraction of sp³-hybridized carbons (Fsp3) is 0.200. The fourth-order valence-corrected chi connectivity index (χ4v) is 1.09. The SMILES string of the molecule is COc1ncc(Cl)n1-c1nn[nH]n1. The number of nitrogens with one attached hydrogen (secondary N) is 1. The van der Waals surface area contributed by atoms with E-state index in [2.05, 4.69) is 25.6 Å². The minimum Gasteiger partial charge on any atom is -0.468 e. The number of aromatic nitrogens is 6. The smallest absolute Gasteiger partial charge is 0.304 e. The summed E-state index contributed by atoms with van der Waals surface area (Å²) < 4.78 is 6.36. The average Bonchev–Trinajstić information content (AvgIpc) is 2.72. The van der Waals surface area contributed by atoms with E-state index >= 15 is 0 Å². The first-order chi connectivity index (χ1) is 6.33. The molecule has 0 saturated carbocycles. The molecule has 1 N–H and O–H groups in total. The van der Waals surface area contributed by atoms with Crippen molar-refractivity contribution >= 4 is 11.6 Å². The van der Waals surface area contributed by atoms with E-state index in [1.807, 2.05) is 0 Å². The molecule has 0 amide bonds. The largest absolute Gasteiger partial charge is 0.468 e. The van der Waals surface area contributed by atoms with Crippen LogP contribution in [0.1, 0.15) is 0 Å². The van der Waals surface area contributed by atoms with Gasteiger partial charge in [0.05, 0.1) is 13.3 Å². The molecule has 8 heteroatoms. The van der Waals surface area contributed by atoms with E-state index in [4.69, 9.17) is 16.3 Å². The summed E-state index contributed by atoms with van der Waals surface area (Å²) in [6.45, 7) is 0. The Kier molecular flexibility index (Phi) is 1.85. The second-order valence-corrected chi connectivity index (χ2v) is 2.50. The molecule has 2 rings (SSSR count). The Hall–Kier alpha value is -1.63. The Morgan fingerprint density at radius 3 is 3.08 bits per heavy atom. The first-order valence-electron chi connectivity index (χ1n) is 3.34. The molecule has 68 valence electrons. The molecule has 0 saturated heterocycles. The summed E-state index contributed by atoms with van der Waals surface area (Å²) in [5, 5.41) is 13.5. The number of aromatic amines is 1. The van der Waals surface area contributed by atoms with Crippen molar-refractivity contribution in [1.29, 1.82) is 0 Å². The molecule has 2 aromatic heterocycles. The van der Waals surface area contributed by atoms with Crippen molar-refractivity contribution in [3.05, 3.63) is 11.3 Å². The van der Waals surface area contributed by atoms with Crippen LogP contribution in [0, 0.1) is 0 Å². The topological polar surface area (TPSA) is 81.5 Å². The van der Waals surface area contributed by atoms with Gasteiger partial charge in [0.15, 0.2) is 0 Å². The number of tetrazole rings is 1. The molecule has 13 heavy (non-hydrogen) atoms. The molecule has 0 atom stereocenters. The van der Waals surface area contributed by atoms with Crippen molar-refractivity contribution in [3.8, 4) is 12.0 Å². The van der Waals surface area contributed by atoms with Gasteiger partial charge < -0.3 is 4.74 Å². The minimum absolute atomic E-state index is 0.291. The first-order valence-corrected chi connectivity index (χ1v) is 3.72. The van der Waals surface area contributed by atoms with E-state index in [1.165, 1.54) is 17.9 Å². The Balaban J connectivity index is 2.55. The molecule has 7 nitrogen and oxygen atoms in total. The van der Waals surface area contributed by atoms with E-state index in [0.29, 0.717) is 17.1 Å². The van der Waals surface area contributed by atoms with E-state index in [0.717, 1.165) is 0 Å². The third-order valence-electron chi connectivity index (χ3n) is 1.40. The third-order valence-corrected chi connectivity index (χ3v) is 1.67. The highest BCUT2D eigenvalue weighted by molar-refractivity contribution is 6.29. The molecule has 0 spiro atoms. The maximum absolute atomic E-state index is 5.81. The Labute approximate surface area is 77.7 Å². The molecule has 0 aromatic carbocycles. The zero-order chi connectivity index (χ0) is 9.26. The summed E-state index contributed by atoms with van der Waals surface area (Å²) in [5.41, 5.74) is 0. The monoisotopic (exact) mass is 200 g/mol. The van der Waals surface area contributed by atoms with Gasteiger partial charge in [-0.3, -0.25) is 0 Å². The fourth-order valence-electron chi connectivity index (χ4n) is 0.892. The molecule has 2 aromatic rings. The summed E-state index contributed by atoms with van der Waals surface area (Å²) in [5.74, 6) is 0.291. The van der Waals surface area contributed by atoms with Crippen molar-refractivity contribution in [2.45, 2.75) is 0 Å². The standard InChI is InChI=1S/C5H5ClN6O/c1-13-5-7-2-3(6)12(5)4-8-10-11-9-4/h2H,1H3,(H,8,9,10,11). The van der Waals surface area contributed by atoms with Crippen molar-refractivity contribution in [3.63, 3.8) is 0 Å². The van der Waals surface area contributed by atoms with Gasteiger partial charge in [-0.15, -0.1) is 5.10 Å². The maximum Gasteiger partial charge on any atom is 0.304 e. The van der Waals surface area contributed by atoms with Gasteiger partial charge in [0.1, 0.15) is 5.15 Å². The van der Waals surface area contributed by atoms with Crippen LogP contribution in [0.15, 0.2) is 6.20 Å². The lowest BCUT2D eigenvalue weighted by molar-refractivity contribution is 0.372. The highest BCUT2D eigenvalue weighted by Crippen LogP contribution is 2.19. The molecule has 0 bridgehead atoms. The van der Waals surface area contributed by atoms with Gasteiger partial charge in [-0.05, 0) is 5.21 Å². The summed E-state index contributed by atoms with van der Waals surface area (Å²) in [6.07, 6.45) is 1.44. The summed E-state index contributed by atoms with van der Waals surface area (Å²) in [7, 11) is 1.48. The van der Waals surface area contributed by atoms with Crippen molar-refractivity contribution in [2.75, 3.05) is 7.11 Å². The highest BCUT2D eigenvalue weighted by Gasteiger charge is 2.13. The second-order valence-electron chi connectivity index (χ2n) is 2.11. The Bertz CT molecular complexity index is 395. The van der Waals surface area contributed by atoms with Crippen LogP contribution >= 0.6 is 11.6 Å². The minimum atomic E-state index is 0.291. The first kappa shape index (κ1) is 7.99. The van der Waals surface area contributed by atoms with Crippen LogP contribution in [0.25, 0.3) is 5.95 Å². The van der Waals surface area contributed by atoms with Crippen LogP contribution in [0.3, 0.4) is 0 Å². The van der Waals surface area contributed by atoms with Gasteiger partial charge in [0, 0.05) is 0 Å². The molecular formula is C5H5ClN6O. The number of halogens is 1. The Morgan fingerprint density at radius 2 is 2.46 bits per heavy atom. The average molecular weight is 201 g/mol. The lowest BCUT2D eigenvalue weighted by Gasteiger charge is -2.00. The summed E-state index contributed by atoms with van der Waals surface area (Å²) in [4.78, 5) is 3.88. The normalized spacial score (nSPS) is 10.3. The van der Waals surface area contributed by atoms with Crippen molar-refractivity contribution in [2.24, 2.45) is 0 Å². The van der Waals surface area contributed by atoms with E-state index in [-0.39, 0.29) is 0 Å². The van der Waals surface area contributed by atoms with Crippen LogP contribution in [0.2, 0.25) is 5.15 Å². The van der Waals surface area contributed by atoms with Crippen LogP contribution in [-0.2, 0) is 0 Å². The van der Waals surface area contributed by atoms with Crippen molar-refractivity contribution < 1.29 is 4.74 Å². The van der Waals surface area contributed by atoms with Crippen LogP contribution < -0.4 is 4.74 Å². The molecule has 0 aliphatic rings. The van der Waals surface area contributed by atoms with Gasteiger partial charge in [-0.1, -0.05) is 16.7 Å². The summed E-state index contributed by atoms with van der Waals surface area (Å²) >= 11 is 5.81. The number of hydrogen-bond acceptors (Lipinski definition) is 5. The highest BCUT2D eigenvalue weighted by atomic mass is 35.5. The predicted octanol–water partition coefficient (Wildman–Crippen LogP) is 0.0474. The maximum atomic E-state index is 5.81. The number of rotatable bonds is 2. The number of methoxy groups -OCH3 is 1. The quantitative estimate of drug-likeness (QED) is 0.741. The molecule has 2 heterocycles. The predicted molar refractivity (Wildman–Crippen MR) is 42.9 cm³/mol. The van der Waals surface area contributed by atoms with Gasteiger partial charge in [0.2, 0.25) is 0 Å². The second kappa shape index (κ2) is 3.02. The zero-order valence-corrected chi connectivity index (χ0v) is 7.36. The molecule has 0 unspecified atom stereocenters. The van der Waals surface area contributed by atoms with Crippen LogP contribution in [0.5, 0.6) is 6.01 Å². The van der Waals surface area contributed by atoms with E-state index in [9.17, 15) is 0 Å². The van der Waals surface area contributed by atoms with Gasteiger partial charge in [0.25, 0.3) is 5.95 Å². The number of ether oxygens (including phenoxy) is 1. The molecule has 0 fully saturated rings. The van der Waals surface area contributed by atoms with Gasteiger partial charge in [-0.2, -0.15) is 5.21 Å². The number of H-pyrrole nitrogens is 1. The lowest BCUT2D eigenvalue weighted by Crippen LogP contribution is -2.00. The molecular weight excluding hydrogens is 196 g/mol. The van der Waals surface area contributed by atoms with Crippen LogP contribution in [0.4, 0.5) is 0 Å². The van der Waals surface area contributed by atoms with Gasteiger partial charge >= 0.3 is 6.01 Å². The Morgan fingerprint density at radius 1 is 1.62 bits per heavy atom. The van der Waals surface area contributed by atoms with Crippen LogP contribution in [-0.4, -0.2) is 37.3 Å². The van der Waals surface area contributed by atoms with Crippen molar-refractivity contribution in [1.82, 2.24) is 30.2 Å². The lowest BCUT2D eigenvalue weighted by atomic mass is 10.8. The summed E-state index contributed by atoms with van der Waals surface area (Å²) in [6, 6.07) is 0.311. The third kappa shape index (κ3) is 1.22. The number of hydrogen-bond donors (Lipinski definition) is 1. The van der Waals surface area contributed by atoms with E-state index in [1.54, 1.807) is 0 Å². The molecule has 0 aliphatic heterocycles. The number of nitrogens with zero attached hydrogens (tertiary/aromatic N) is 5. The molecule has 0 radical (unpaired) electrons. The van der Waals surface area contributed by atoms with Gasteiger partial charge in [-0.25, -0.2) is 9.55 Å².